The van der Waals surface area contributed by atoms with E-state index in [1.165, 1.54) is 28.2 Å². The summed E-state index contributed by atoms with van der Waals surface area (Å²) >= 11 is 2.13. The average molecular weight is 509 g/mol. The Morgan fingerprint density at radius 3 is 2.67 bits per heavy atom. The minimum absolute atomic E-state index is 0.193. The van der Waals surface area contributed by atoms with Gasteiger partial charge in [0, 0.05) is 4.90 Å². The quantitative estimate of drug-likeness (QED) is 0.104. The van der Waals surface area contributed by atoms with Crippen LogP contribution < -0.4 is 5.73 Å². The third-order valence-electron chi connectivity index (χ3n) is 4.49. The number of aromatic nitrogens is 3. The van der Waals surface area contributed by atoms with Gasteiger partial charge in [0.2, 0.25) is 5.13 Å². The van der Waals surface area contributed by atoms with Crippen molar-refractivity contribution in [3.63, 3.8) is 0 Å². The molecule has 0 bridgehead atoms. The molecule has 0 radical (unpaired) electrons. The van der Waals surface area contributed by atoms with E-state index >= 15 is 0 Å². The highest BCUT2D eigenvalue weighted by Crippen LogP contribution is 2.35. The number of nitrogens with zero attached hydrogens (tertiary/aromatic N) is 5. The summed E-state index contributed by atoms with van der Waals surface area (Å²) < 4.78 is 38.8. The number of nitrogens with two attached hydrogens (primary N) is 1. The largest absolute Gasteiger partial charge is 0.382 e. The number of rotatable bonds is 7. The molecule has 12 nitrogen and oxygen atoms in total. The Labute approximate surface area is 195 Å². The molecule has 0 saturated carbocycles. The van der Waals surface area contributed by atoms with Crippen molar-refractivity contribution in [2.24, 2.45) is 10.2 Å². The van der Waals surface area contributed by atoms with Gasteiger partial charge in [-0.3, -0.25) is 4.55 Å². The van der Waals surface area contributed by atoms with Crippen molar-refractivity contribution in [3.05, 3.63) is 47.7 Å². The van der Waals surface area contributed by atoms with Crippen LogP contribution >= 0.6 is 23.4 Å². The third kappa shape index (κ3) is 4.88. The minimum atomic E-state index is -4.33. The summed E-state index contributed by atoms with van der Waals surface area (Å²) in [5.41, 5.74) is 8.63. The molecule has 0 fully saturated rings. The maximum absolute atomic E-state index is 11.4. The van der Waals surface area contributed by atoms with E-state index in [0.717, 1.165) is 16.7 Å². The van der Waals surface area contributed by atoms with Gasteiger partial charge >= 0.3 is 0 Å². The molecule has 2 heterocycles. The van der Waals surface area contributed by atoms with Crippen LogP contribution in [0.15, 0.2) is 56.4 Å². The maximum atomic E-state index is 11.4. The Morgan fingerprint density at radius 2 is 1.97 bits per heavy atom. The highest BCUT2D eigenvalue weighted by Gasteiger charge is 2.17. The number of fused-ring (bicyclic) bond motifs is 1. The van der Waals surface area contributed by atoms with Crippen molar-refractivity contribution in [3.8, 4) is 5.69 Å². The van der Waals surface area contributed by atoms with Crippen molar-refractivity contribution >= 4 is 60.4 Å². The number of anilines is 1. The number of hydrogen-bond acceptors (Lipinski definition) is 12. The zero-order valence-electron chi connectivity index (χ0n) is 17.0. The van der Waals surface area contributed by atoms with Gasteiger partial charge in [-0.25, -0.2) is 14.9 Å². The molecule has 0 amide bonds. The number of nitrogen functional groups attached to an aromatic ring is 1. The SMILES string of the molecule is Cc1cc(-n2nc(C)c(N=Nc3nc4ccc(SOOO)cc4s3)c2N)ccc1S(=O)(=O)O. The summed E-state index contributed by atoms with van der Waals surface area (Å²) in [6, 6.07) is 9.61. The lowest BCUT2D eigenvalue weighted by atomic mass is 10.2. The van der Waals surface area contributed by atoms with Crippen molar-refractivity contribution in [2.75, 3.05) is 5.73 Å². The first-order valence-electron chi connectivity index (χ1n) is 9.08. The standard InChI is InChI=1S/C18H16N6O6S3/c1-9-7-11(3-6-15(9)33(26,27)28)24-17(19)16(10(2)23-24)21-22-18-20-13-5-4-12(32-30-29-25)8-14(13)31-18/h3-8,25H,19H2,1-2H3,(H,26,27,28). The van der Waals surface area contributed by atoms with Gasteiger partial charge in [0.1, 0.15) is 0 Å². The second-order valence-corrected chi connectivity index (χ2v) is 9.88. The normalized spacial score (nSPS) is 12.2. The van der Waals surface area contributed by atoms with E-state index in [4.69, 9.17) is 11.0 Å². The maximum Gasteiger partial charge on any atom is 0.294 e. The number of hydrogen-bond donors (Lipinski definition) is 3. The van der Waals surface area contributed by atoms with Crippen molar-refractivity contribution in [2.45, 2.75) is 23.6 Å². The van der Waals surface area contributed by atoms with E-state index in [0.29, 0.717) is 38.2 Å². The Kier molecular flexibility index (Phi) is 6.44. The van der Waals surface area contributed by atoms with Crippen LogP contribution in [0.5, 0.6) is 0 Å². The highest BCUT2D eigenvalue weighted by atomic mass is 32.2. The van der Waals surface area contributed by atoms with Gasteiger partial charge < -0.3 is 5.73 Å². The molecule has 0 aliphatic rings. The first-order chi connectivity index (χ1) is 15.7. The second kappa shape index (κ2) is 9.14. The molecule has 4 rings (SSSR count). The summed E-state index contributed by atoms with van der Waals surface area (Å²) in [7, 11) is -4.33. The summed E-state index contributed by atoms with van der Waals surface area (Å²) in [5, 5.41) is 25.0. The fourth-order valence-corrected chi connectivity index (χ4v) is 5.05. The van der Waals surface area contributed by atoms with Crippen LogP contribution in [0.3, 0.4) is 0 Å². The number of azo groups is 1. The van der Waals surface area contributed by atoms with E-state index in [9.17, 15) is 13.0 Å². The number of thiazole rings is 1. The molecule has 4 aromatic rings. The molecule has 15 heteroatoms. The van der Waals surface area contributed by atoms with Crippen LogP contribution in [0.1, 0.15) is 11.3 Å². The number of aryl methyl sites for hydroxylation is 2. The Morgan fingerprint density at radius 1 is 1.18 bits per heavy atom. The van der Waals surface area contributed by atoms with Gasteiger partial charge in [-0.2, -0.15) is 13.5 Å². The monoisotopic (exact) mass is 508 g/mol. The van der Waals surface area contributed by atoms with Gasteiger partial charge in [0.15, 0.2) is 11.5 Å². The molecular weight excluding hydrogens is 492 g/mol. The topological polar surface area (TPSA) is 175 Å². The van der Waals surface area contributed by atoms with Gasteiger partial charge in [0.05, 0.1) is 38.5 Å². The summed E-state index contributed by atoms with van der Waals surface area (Å²) in [4.78, 5) is 4.90. The first-order valence-corrected chi connectivity index (χ1v) is 12.1. The van der Waals surface area contributed by atoms with Gasteiger partial charge in [-0.15, -0.1) is 14.6 Å². The van der Waals surface area contributed by atoms with E-state index < -0.39 is 10.1 Å². The highest BCUT2D eigenvalue weighted by molar-refractivity contribution is 7.94. The molecule has 0 aliphatic carbocycles. The van der Waals surface area contributed by atoms with Crippen molar-refractivity contribution in [1.29, 1.82) is 0 Å². The molecule has 2 aromatic heterocycles. The summed E-state index contributed by atoms with van der Waals surface area (Å²) in [6.45, 7) is 3.27. The molecular formula is C18H16N6O6S3. The lowest BCUT2D eigenvalue weighted by molar-refractivity contribution is -0.432. The predicted octanol–water partition coefficient (Wildman–Crippen LogP) is 4.77. The molecule has 4 N–H and O–H groups in total. The summed E-state index contributed by atoms with van der Waals surface area (Å²) in [5.74, 6) is 0.205. The molecule has 33 heavy (non-hydrogen) atoms. The van der Waals surface area contributed by atoms with Crippen LogP contribution in [-0.4, -0.2) is 33.0 Å². The molecule has 0 spiro atoms. The lowest BCUT2D eigenvalue weighted by Gasteiger charge is -2.07. The Hall–Kier alpha value is -2.92. The zero-order chi connectivity index (χ0) is 23.8. The zero-order valence-corrected chi connectivity index (χ0v) is 19.5. The Bertz CT molecular complexity index is 1480. The van der Waals surface area contributed by atoms with Crippen molar-refractivity contribution in [1.82, 2.24) is 14.8 Å². The smallest absolute Gasteiger partial charge is 0.294 e. The lowest BCUT2D eigenvalue weighted by Crippen LogP contribution is -2.05. The van der Waals surface area contributed by atoms with Crippen molar-refractivity contribution < 1.29 is 27.6 Å². The molecule has 172 valence electrons. The van der Waals surface area contributed by atoms with Gasteiger partial charge in [-0.05, 0) is 55.8 Å². The second-order valence-electron chi connectivity index (χ2n) is 6.71. The molecule has 0 atom stereocenters. The third-order valence-corrected chi connectivity index (χ3v) is 6.98. The van der Waals surface area contributed by atoms with Crippen LogP contribution in [0.25, 0.3) is 15.9 Å². The van der Waals surface area contributed by atoms with Gasteiger partial charge in [0.25, 0.3) is 10.1 Å². The van der Waals surface area contributed by atoms with E-state index in [2.05, 4.69) is 29.7 Å². The summed E-state index contributed by atoms with van der Waals surface area (Å²) in [6.07, 6.45) is 0. The van der Waals surface area contributed by atoms with E-state index in [1.807, 2.05) is 0 Å². The molecule has 0 aliphatic heterocycles. The fourth-order valence-electron chi connectivity index (χ4n) is 3.05. The minimum Gasteiger partial charge on any atom is -0.382 e. The van der Waals surface area contributed by atoms with Crippen LogP contribution in [-0.2, 0) is 19.5 Å². The predicted molar refractivity (Wildman–Crippen MR) is 122 cm³/mol. The van der Waals surface area contributed by atoms with Crippen LogP contribution in [0.4, 0.5) is 16.6 Å². The molecule has 2 aromatic carbocycles. The Balaban J connectivity index is 1.63. The van der Waals surface area contributed by atoms with E-state index in [1.54, 1.807) is 38.1 Å². The average Bonchev–Trinajstić information content (AvgIpc) is 3.29. The first kappa shape index (κ1) is 23.2. The van der Waals surface area contributed by atoms with Crippen LogP contribution in [0.2, 0.25) is 0 Å². The fraction of sp³-hybridized carbons (Fsp3) is 0.111. The molecule has 0 saturated heterocycles. The van der Waals surface area contributed by atoms with E-state index in [-0.39, 0.29) is 10.7 Å². The molecule has 0 unspecified atom stereocenters. The van der Waals surface area contributed by atoms with Crippen LogP contribution in [0, 0.1) is 13.8 Å². The van der Waals surface area contributed by atoms with Gasteiger partial charge in [-0.1, -0.05) is 16.4 Å². The number of benzene rings is 2.